The topological polar surface area (TPSA) is 96.2 Å². The molecule has 23 heavy (non-hydrogen) atoms. The summed E-state index contributed by atoms with van der Waals surface area (Å²) in [5, 5.41) is 27.2. The van der Waals surface area contributed by atoms with Crippen LogP contribution >= 0.6 is 0 Å². The average Bonchev–Trinajstić information content (AvgIpc) is 2.53. The molecule has 0 aliphatic rings. The molecule has 2 unspecified atom stereocenters. The maximum absolute atomic E-state index is 12.1. The summed E-state index contributed by atoms with van der Waals surface area (Å²) in [5.74, 6) is 0.665. The molecule has 0 spiro atoms. The van der Waals surface area contributed by atoms with E-state index in [2.05, 4.69) is 0 Å². The number of hydrogen-bond acceptors (Lipinski definition) is 6. The summed E-state index contributed by atoms with van der Waals surface area (Å²) in [6.45, 7) is 5.13. The Kier molecular flexibility index (Phi) is 7.64. The van der Waals surface area contributed by atoms with E-state index in [1.807, 2.05) is 20.8 Å². The van der Waals surface area contributed by atoms with Crippen LogP contribution in [0.1, 0.15) is 31.1 Å². The minimum atomic E-state index is -1.12. The summed E-state index contributed by atoms with van der Waals surface area (Å²) in [6, 6.07) is 6.86. The van der Waals surface area contributed by atoms with Gasteiger partial charge in [0.1, 0.15) is 24.6 Å². The highest BCUT2D eigenvalue weighted by Crippen LogP contribution is 2.22. The summed E-state index contributed by atoms with van der Waals surface area (Å²) in [6.07, 6.45) is -1.96. The molecule has 0 saturated carbocycles. The van der Waals surface area contributed by atoms with Gasteiger partial charge in [0, 0.05) is 11.0 Å². The number of rotatable bonds is 9. The van der Waals surface area contributed by atoms with Crippen LogP contribution < -0.4 is 4.74 Å². The van der Waals surface area contributed by atoms with Crippen LogP contribution in [-0.4, -0.2) is 59.7 Å². The molecule has 130 valence electrons. The number of carbonyl (C=O) groups is 1. The lowest BCUT2D eigenvalue weighted by Gasteiger charge is -2.19. The first-order valence-electron chi connectivity index (χ1n) is 7.58. The minimum absolute atomic E-state index is 0.0659. The van der Waals surface area contributed by atoms with E-state index in [1.54, 1.807) is 24.3 Å². The molecule has 0 amide bonds. The lowest BCUT2D eigenvalue weighted by atomic mass is 9.86. The van der Waals surface area contributed by atoms with Crippen LogP contribution in [0.3, 0.4) is 0 Å². The van der Waals surface area contributed by atoms with Crippen LogP contribution in [0.5, 0.6) is 5.75 Å². The zero-order valence-corrected chi connectivity index (χ0v) is 13.9. The molecule has 6 nitrogen and oxygen atoms in total. The smallest absolute Gasteiger partial charge is 0.168 e. The van der Waals surface area contributed by atoms with Crippen molar-refractivity contribution in [1.29, 1.82) is 0 Å². The van der Waals surface area contributed by atoms with Gasteiger partial charge in [0.2, 0.25) is 0 Å². The molecule has 0 saturated heterocycles. The van der Waals surface area contributed by atoms with E-state index in [4.69, 9.17) is 19.7 Å². The van der Waals surface area contributed by atoms with Crippen LogP contribution in [0.2, 0.25) is 0 Å². The number of ketones is 1. The van der Waals surface area contributed by atoms with Gasteiger partial charge in [0.15, 0.2) is 5.78 Å². The third-order valence-corrected chi connectivity index (χ3v) is 3.28. The Bertz CT molecular complexity index is 477. The summed E-state index contributed by atoms with van der Waals surface area (Å²) in [4.78, 5) is 12.1. The molecule has 0 radical (unpaired) electrons. The quantitative estimate of drug-likeness (QED) is 0.463. The molecule has 0 heterocycles. The van der Waals surface area contributed by atoms with Crippen molar-refractivity contribution in [2.75, 3.05) is 26.4 Å². The Morgan fingerprint density at radius 1 is 1.09 bits per heavy atom. The number of carbonyl (C=O) groups excluding carboxylic acids is 1. The molecule has 2 atom stereocenters. The van der Waals surface area contributed by atoms with Crippen molar-refractivity contribution in [1.82, 2.24) is 0 Å². The maximum Gasteiger partial charge on any atom is 0.168 e. The van der Waals surface area contributed by atoms with Crippen molar-refractivity contribution in [2.24, 2.45) is 5.41 Å². The van der Waals surface area contributed by atoms with Gasteiger partial charge in [-0.3, -0.25) is 4.79 Å². The van der Waals surface area contributed by atoms with Gasteiger partial charge >= 0.3 is 0 Å². The monoisotopic (exact) mass is 326 g/mol. The minimum Gasteiger partial charge on any atom is -0.491 e. The molecule has 0 aromatic heterocycles. The fraction of sp³-hybridized carbons (Fsp3) is 0.588. The molecular weight excluding hydrogens is 300 g/mol. The first kappa shape index (κ1) is 19.6. The molecule has 0 aliphatic carbocycles. The molecule has 0 aliphatic heterocycles. The fourth-order valence-electron chi connectivity index (χ4n) is 1.90. The largest absolute Gasteiger partial charge is 0.491 e. The van der Waals surface area contributed by atoms with Crippen molar-refractivity contribution in [3.8, 4) is 5.75 Å². The zero-order chi connectivity index (χ0) is 17.5. The lowest BCUT2D eigenvalue weighted by molar-refractivity contribution is -0.0843. The SMILES string of the molecule is CC(C)(C)C(=O)c1ccc(OCCOC(CO)C(O)CO)cc1. The van der Waals surface area contributed by atoms with E-state index < -0.39 is 24.2 Å². The number of aliphatic hydroxyl groups is 3. The maximum atomic E-state index is 12.1. The number of ether oxygens (including phenoxy) is 2. The third kappa shape index (κ3) is 6.27. The van der Waals surface area contributed by atoms with Gasteiger partial charge in [0.05, 0.1) is 19.8 Å². The fourth-order valence-corrected chi connectivity index (χ4v) is 1.90. The summed E-state index contributed by atoms with van der Waals surface area (Å²) >= 11 is 0. The van der Waals surface area contributed by atoms with Crippen molar-refractivity contribution in [3.63, 3.8) is 0 Å². The zero-order valence-electron chi connectivity index (χ0n) is 13.9. The van der Waals surface area contributed by atoms with Gasteiger partial charge < -0.3 is 24.8 Å². The van der Waals surface area contributed by atoms with Crippen LogP contribution in [0, 0.1) is 5.41 Å². The van der Waals surface area contributed by atoms with E-state index >= 15 is 0 Å². The number of benzene rings is 1. The molecule has 1 rings (SSSR count). The van der Waals surface area contributed by atoms with E-state index in [9.17, 15) is 9.90 Å². The van der Waals surface area contributed by atoms with Crippen molar-refractivity contribution in [3.05, 3.63) is 29.8 Å². The van der Waals surface area contributed by atoms with E-state index in [0.717, 1.165) is 0 Å². The van der Waals surface area contributed by atoms with E-state index in [-0.39, 0.29) is 25.6 Å². The van der Waals surface area contributed by atoms with Gasteiger partial charge in [0.25, 0.3) is 0 Å². The molecule has 1 aromatic carbocycles. The van der Waals surface area contributed by atoms with Gasteiger partial charge in [-0.2, -0.15) is 0 Å². The molecule has 3 N–H and O–H groups in total. The highest BCUT2D eigenvalue weighted by atomic mass is 16.5. The van der Waals surface area contributed by atoms with Crippen LogP contribution in [0.15, 0.2) is 24.3 Å². The second kappa shape index (κ2) is 8.98. The van der Waals surface area contributed by atoms with E-state index in [0.29, 0.717) is 11.3 Å². The Labute approximate surface area is 136 Å². The molecule has 0 bridgehead atoms. The molecule has 0 fully saturated rings. The predicted molar refractivity (Wildman–Crippen MR) is 85.6 cm³/mol. The van der Waals surface area contributed by atoms with Crippen LogP contribution in [0.4, 0.5) is 0 Å². The first-order chi connectivity index (χ1) is 10.8. The highest BCUT2D eigenvalue weighted by Gasteiger charge is 2.22. The Balaban J connectivity index is 2.43. The van der Waals surface area contributed by atoms with Gasteiger partial charge in [-0.25, -0.2) is 0 Å². The molecule has 1 aromatic rings. The molecular formula is C17H26O6. The lowest BCUT2D eigenvalue weighted by Crippen LogP contribution is -2.36. The Morgan fingerprint density at radius 2 is 1.70 bits per heavy atom. The van der Waals surface area contributed by atoms with Crippen molar-refractivity contribution < 1.29 is 29.6 Å². The first-order valence-corrected chi connectivity index (χ1v) is 7.58. The van der Waals surface area contributed by atoms with Crippen molar-refractivity contribution >= 4 is 5.78 Å². The number of hydrogen-bond donors (Lipinski definition) is 3. The predicted octanol–water partition coefficient (Wildman–Crippen LogP) is 1.02. The van der Waals surface area contributed by atoms with Gasteiger partial charge in [-0.05, 0) is 24.3 Å². The van der Waals surface area contributed by atoms with Gasteiger partial charge in [-0.1, -0.05) is 20.8 Å². The summed E-state index contributed by atoms with van der Waals surface area (Å²) in [7, 11) is 0. The standard InChI is InChI=1S/C17H26O6/c1-17(2,3)16(21)12-4-6-13(7-5-12)22-8-9-23-15(11-19)14(20)10-18/h4-7,14-15,18-20H,8-11H2,1-3H3. The number of Topliss-reactive ketones (excluding diaryl/α,β-unsaturated/α-hetero) is 1. The Morgan fingerprint density at radius 3 is 2.17 bits per heavy atom. The summed E-state index contributed by atoms with van der Waals surface area (Å²) < 4.78 is 10.7. The van der Waals surface area contributed by atoms with Crippen molar-refractivity contribution in [2.45, 2.75) is 33.0 Å². The van der Waals surface area contributed by atoms with Gasteiger partial charge in [-0.15, -0.1) is 0 Å². The third-order valence-electron chi connectivity index (χ3n) is 3.28. The number of aliphatic hydroxyl groups excluding tert-OH is 3. The van der Waals surface area contributed by atoms with Crippen LogP contribution in [-0.2, 0) is 4.74 Å². The highest BCUT2D eigenvalue weighted by molar-refractivity contribution is 5.99. The normalized spacial score (nSPS) is 14.3. The summed E-state index contributed by atoms with van der Waals surface area (Å²) in [5.41, 5.74) is 0.204. The second-order valence-corrected chi connectivity index (χ2v) is 6.29. The van der Waals surface area contributed by atoms with E-state index in [1.165, 1.54) is 0 Å². The molecule has 6 heteroatoms. The second-order valence-electron chi connectivity index (χ2n) is 6.29. The van der Waals surface area contributed by atoms with Crippen LogP contribution in [0.25, 0.3) is 0 Å². The Hall–Kier alpha value is -1.47. The average molecular weight is 326 g/mol.